The van der Waals surface area contributed by atoms with E-state index in [1.807, 2.05) is 53.4 Å². The maximum absolute atomic E-state index is 12.5. The van der Waals surface area contributed by atoms with Crippen molar-refractivity contribution in [3.05, 3.63) is 89.5 Å². The number of halogens is 1. The molecule has 2 amide bonds. The van der Waals surface area contributed by atoms with E-state index in [0.717, 1.165) is 17.0 Å². The Hall–Kier alpha value is -3.97. The second kappa shape index (κ2) is 12.1. The lowest BCUT2D eigenvalue weighted by Crippen LogP contribution is -2.48. The van der Waals surface area contributed by atoms with E-state index in [0.29, 0.717) is 42.6 Å². The van der Waals surface area contributed by atoms with Gasteiger partial charge in [-0.15, -0.1) is 0 Å². The summed E-state index contributed by atoms with van der Waals surface area (Å²) in [7, 11) is 1.59. The molecule has 1 N–H and O–H groups in total. The zero-order valence-corrected chi connectivity index (χ0v) is 20.8. The van der Waals surface area contributed by atoms with Crippen LogP contribution in [0.4, 0.5) is 11.4 Å². The van der Waals surface area contributed by atoms with Crippen molar-refractivity contribution in [2.45, 2.75) is 0 Å². The number of carbonyl (C=O) groups excluding carboxylic acids is 2. The molecule has 4 rings (SSSR count). The minimum absolute atomic E-state index is 0.000445. The van der Waals surface area contributed by atoms with Crippen LogP contribution in [0.5, 0.6) is 11.5 Å². The topological polar surface area (TPSA) is 71.1 Å². The van der Waals surface area contributed by atoms with E-state index >= 15 is 0 Å². The lowest BCUT2D eigenvalue weighted by atomic mass is 10.2. The van der Waals surface area contributed by atoms with Crippen LogP contribution >= 0.6 is 11.6 Å². The molecule has 36 heavy (non-hydrogen) atoms. The number of hydrogen-bond donors (Lipinski definition) is 1. The quantitative estimate of drug-likeness (QED) is 0.448. The molecule has 1 saturated heterocycles. The van der Waals surface area contributed by atoms with Gasteiger partial charge in [0, 0.05) is 37.9 Å². The van der Waals surface area contributed by atoms with Gasteiger partial charge in [-0.1, -0.05) is 41.9 Å². The van der Waals surface area contributed by atoms with Crippen LogP contribution in [0.15, 0.2) is 78.9 Å². The third kappa shape index (κ3) is 6.79. The van der Waals surface area contributed by atoms with Crippen molar-refractivity contribution in [2.24, 2.45) is 0 Å². The van der Waals surface area contributed by atoms with Crippen molar-refractivity contribution in [3.63, 3.8) is 0 Å². The number of rotatable bonds is 8. The summed E-state index contributed by atoms with van der Waals surface area (Å²) in [6.07, 6.45) is 3.45. The molecule has 3 aromatic carbocycles. The van der Waals surface area contributed by atoms with Crippen molar-refractivity contribution in [1.82, 2.24) is 4.90 Å². The molecule has 0 aliphatic carbocycles. The molecule has 0 bridgehead atoms. The smallest absolute Gasteiger partial charge is 0.262 e. The minimum Gasteiger partial charge on any atom is -0.497 e. The number of nitrogens with one attached hydrogen (secondary N) is 1. The molecule has 0 radical (unpaired) electrons. The fraction of sp³-hybridized carbons (Fsp3) is 0.214. The molecular weight excluding hydrogens is 478 g/mol. The zero-order valence-electron chi connectivity index (χ0n) is 20.0. The summed E-state index contributed by atoms with van der Waals surface area (Å²) < 4.78 is 10.6. The number of hydrogen-bond acceptors (Lipinski definition) is 5. The third-order valence-electron chi connectivity index (χ3n) is 5.81. The van der Waals surface area contributed by atoms with Gasteiger partial charge < -0.3 is 24.6 Å². The Morgan fingerprint density at radius 3 is 2.31 bits per heavy atom. The van der Waals surface area contributed by atoms with Gasteiger partial charge in [0.2, 0.25) is 5.91 Å². The Morgan fingerprint density at radius 1 is 0.944 bits per heavy atom. The van der Waals surface area contributed by atoms with E-state index in [2.05, 4.69) is 10.2 Å². The molecule has 0 atom stereocenters. The lowest BCUT2D eigenvalue weighted by molar-refractivity contribution is -0.126. The number of ether oxygens (including phenoxy) is 2. The van der Waals surface area contributed by atoms with Gasteiger partial charge in [0.25, 0.3) is 5.91 Å². The SMILES string of the molecule is COc1ccc(OCC(=O)Nc2ccc(N3CCN(C(=O)/C=C/c4ccccc4)CC3)c(Cl)c2)cc1. The predicted molar refractivity (Wildman–Crippen MR) is 143 cm³/mol. The fourth-order valence-electron chi connectivity index (χ4n) is 3.86. The van der Waals surface area contributed by atoms with Crippen LogP contribution in [0.3, 0.4) is 0 Å². The number of nitrogens with zero attached hydrogens (tertiary/aromatic N) is 2. The summed E-state index contributed by atoms with van der Waals surface area (Å²) in [5.74, 6) is 1.01. The maximum Gasteiger partial charge on any atom is 0.262 e. The monoisotopic (exact) mass is 505 g/mol. The van der Waals surface area contributed by atoms with E-state index in [-0.39, 0.29) is 18.4 Å². The largest absolute Gasteiger partial charge is 0.497 e. The number of amides is 2. The Kier molecular flexibility index (Phi) is 8.47. The van der Waals surface area contributed by atoms with E-state index in [1.54, 1.807) is 43.5 Å². The van der Waals surface area contributed by atoms with Crippen molar-refractivity contribution < 1.29 is 19.1 Å². The predicted octanol–water partition coefficient (Wildman–Crippen LogP) is 4.73. The van der Waals surface area contributed by atoms with Gasteiger partial charge in [0.05, 0.1) is 17.8 Å². The van der Waals surface area contributed by atoms with Crippen molar-refractivity contribution in [1.29, 1.82) is 0 Å². The molecule has 1 aliphatic heterocycles. The highest BCUT2D eigenvalue weighted by atomic mass is 35.5. The number of carbonyl (C=O) groups is 2. The molecule has 0 saturated carbocycles. The third-order valence-corrected chi connectivity index (χ3v) is 6.11. The van der Waals surface area contributed by atoms with E-state index < -0.39 is 0 Å². The summed E-state index contributed by atoms with van der Waals surface area (Å²) in [5, 5.41) is 3.34. The van der Waals surface area contributed by atoms with Gasteiger partial charge in [-0.05, 0) is 54.1 Å². The average molecular weight is 506 g/mol. The summed E-state index contributed by atoms with van der Waals surface area (Å²) in [6, 6.07) is 22.2. The first-order valence-corrected chi connectivity index (χ1v) is 12.0. The Morgan fingerprint density at radius 2 is 1.64 bits per heavy atom. The molecule has 0 spiro atoms. The van der Waals surface area contributed by atoms with Crippen LogP contribution < -0.4 is 19.7 Å². The molecule has 0 aromatic heterocycles. The highest BCUT2D eigenvalue weighted by molar-refractivity contribution is 6.33. The van der Waals surface area contributed by atoms with Crippen LogP contribution in [0.2, 0.25) is 5.02 Å². The summed E-state index contributed by atoms with van der Waals surface area (Å²) >= 11 is 6.54. The fourth-order valence-corrected chi connectivity index (χ4v) is 4.16. The number of methoxy groups -OCH3 is 1. The van der Waals surface area contributed by atoms with Crippen LogP contribution in [-0.2, 0) is 9.59 Å². The Balaban J connectivity index is 1.26. The Labute approximate surface area is 215 Å². The highest BCUT2D eigenvalue weighted by Crippen LogP contribution is 2.30. The van der Waals surface area contributed by atoms with Crippen molar-refractivity contribution >= 4 is 40.9 Å². The van der Waals surface area contributed by atoms with Gasteiger partial charge in [0.15, 0.2) is 6.61 Å². The van der Waals surface area contributed by atoms with Gasteiger partial charge in [-0.2, -0.15) is 0 Å². The lowest BCUT2D eigenvalue weighted by Gasteiger charge is -2.36. The summed E-state index contributed by atoms with van der Waals surface area (Å²) in [6.45, 7) is 2.43. The second-order valence-electron chi connectivity index (χ2n) is 8.23. The van der Waals surface area contributed by atoms with Gasteiger partial charge in [0.1, 0.15) is 11.5 Å². The number of anilines is 2. The minimum atomic E-state index is -0.287. The molecule has 7 nitrogen and oxygen atoms in total. The van der Waals surface area contributed by atoms with Crippen LogP contribution in [0.25, 0.3) is 6.08 Å². The molecule has 186 valence electrons. The second-order valence-corrected chi connectivity index (χ2v) is 8.64. The number of benzene rings is 3. The van der Waals surface area contributed by atoms with Crippen molar-refractivity contribution in [3.8, 4) is 11.5 Å². The molecule has 1 heterocycles. The number of piperazine rings is 1. The highest BCUT2D eigenvalue weighted by Gasteiger charge is 2.21. The van der Waals surface area contributed by atoms with Crippen LogP contribution in [-0.4, -0.2) is 56.6 Å². The molecule has 8 heteroatoms. The molecule has 1 fully saturated rings. The standard InChI is InChI=1S/C28H28ClN3O4/c1-35-23-9-11-24(12-10-23)36-20-27(33)30-22-8-13-26(25(29)19-22)31-15-17-32(18-16-31)28(34)14-7-21-5-3-2-4-6-21/h2-14,19H,15-18,20H2,1H3,(H,30,33)/b14-7+. The molecule has 3 aromatic rings. The molecular formula is C28H28ClN3O4. The van der Waals surface area contributed by atoms with Crippen LogP contribution in [0, 0.1) is 0 Å². The first-order chi connectivity index (χ1) is 17.5. The maximum atomic E-state index is 12.5. The first-order valence-electron chi connectivity index (χ1n) is 11.6. The Bertz CT molecular complexity index is 1210. The normalized spacial score (nSPS) is 13.5. The van der Waals surface area contributed by atoms with E-state index in [9.17, 15) is 9.59 Å². The average Bonchev–Trinajstić information content (AvgIpc) is 2.91. The van der Waals surface area contributed by atoms with Gasteiger partial charge in [-0.3, -0.25) is 9.59 Å². The van der Waals surface area contributed by atoms with E-state index in [1.165, 1.54) is 0 Å². The van der Waals surface area contributed by atoms with Crippen molar-refractivity contribution in [2.75, 3.05) is 50.1 Å². The van der Waals surface area contributed by atoms with E-state index in [4.69, 9.17) is 21.1 Å². The molecule has 1 aliphatic rings. The summed E-state index contributed by atoms with van der Waals surface area (Å²) in [5.41, 5.74) is 2.46. The van der Waals surface area contributed by atoms with Gasteiger partial charge in [-0.25, -0.2) is 0 Å². The zero-order chi connectivity index (χ0) is 25.3. The summed E-state index contributed by atoms with van der Waals surface area (Å²) in [4.78, 5) is 28.8. The molecule has 0 unspecified atom stereocenters. The van der Waals surface area contributed by atoms with Crippen LogP contribution in [0.1, 0.15) is 5.56 Å². The van der Waals surface area contributed by atoms with Gasteiger partial charge >= 0.3 is 0 Å². The first kappa shape index (κ1) is 25.1.